The first-order valence-electron chi connectivity index (χ1n) is 12.5. The van der Waals surface area contributed by atoms with E-state index in [0.29, 0.717) is 53.7 Å². The normalized spacial score (nSPS) is 15.3. The van der Waals surface area contributed by atoms with Crippen molar-refractivity contribution < 1.29 is 23.1 Å². The van der Waals surface area contributed by atoms with E-state index < -0.39 is 0 Å². The lowest BCUT2D eigenvalue weighted by Gasteiger charge is -2.26. The van der Waals surface area contributed by atoms with Gasteiger partial charge < -0.3 is 13.9 Å². The topological polar surface area (TPSA) is 64.8 Å². The highest BCUT2D eigenvalue weighted by atomic mass is 19.1. The highest BCUT2D eigenvalue weighted by Gasteiger charge is 2.27. The van der Waals surface area contributed by atoms with Gasteiger partial charge in [0.25, 0.3) is 0 Å². The van der Waals surface area contributed by atoms with E-state index in [4.69, 9.17) is 13.9 Å². The molecule has 4 rings (SSSR count). The number of carbonyl (C=O) groups is 1. The van der Waals surface area contributed by atoms with Gasteiger partial charge >= 0.3 is 0 Å². The molecule has 0 spiro atoms. The molecule has 1 atom stereocenters. The van der Waals surface area contributed by atoms with Gasteiger partial charge in [-0.1, -0.05) is 25.5 Å². The molecular weight excluding hydrogens is 447 g/mol. The molecule has 6 nitrogen and oxygen atoms in total. The molecule has 0 aliphatic carbocycles. The summed E-state index contributed by atoms with van der Waals surface area (Å²) in [5.41, 5.74) is 3.41. The van der Waals surface area contributed by atoms with Crippen molar-refractivity contribution in [2.45, 2.75) is 59.3 Å². The second kappa shape index (κ2) is 11.2. The zero-order chi connectivity index (χ0) is 24.9. The van der Waals surface area contributed by atoms with Crippen LogP contribution in [0.1, 0.15) is 72.8 Å². The van der Waals surface area contributed by atoms with E-state index >= 15 is 0 Å². The molecular formula is C28H35FN2O4. The van der Waals surface area contributed by atoms with Crippen LogP contribution in [0.4, 0.5) is 4.39 Å². The van der Waals surface area contributed by atoms with E-state index in [2.05, 4.69) is 16.8 Å². The number of hydrogen-bond donors (Lipinski definition) is 0. The van der Waals surface area contributed by atoms with Gasteiger partial charge in [0, 0.05) is 13.5 Å². The lowest BCUT2D eigenvalue weighted by Crippen LogP contribution is -2.33. The van der Waals surface area contributed by atoms with Crippen molar-refractivity contribution in [2.24, 2.45) is 0 Å². The molecule has 1 aliphatic rings. The number of benzene rings is 2. The number of halogens is 1. The summed E-state index contributed by atoms with van der Waals surface area (Å²) in [7, 11) is 0. The van der Waals surface area contributed by atoms with Gasteiger partial charge in [0.1, 0.15) is 17.9 Å². The van der Waals surface area contributed by atoms with E-state index in [1.165, 1.54) is 31.4 Å². The standard InChI is InChI=1S/C28H35FN2O4/c1-18(22-8-10-23(29)11-9-22)12-16-33-28-26(34-17-15-31-13-6-5-7-14-31)24(20(3)32)19(2)25-27(28)35-21(4)30-25/h8-11,18H,5-7,12-17H2,1-4H3/t18-/m1/s1. The third-order valence-electron chi connectivity index (χ3n) is 6.79. The van der Waals surface area contributed by atoms with Crippen molar-refractivity contribution in [3.8, 4) is 11.5 Å². The van der Waals surface area contributed by atoms with Crippen LogP contribution in [0.25, 0.3) is 11.1 Å². The lowest BCUT2D eigenvalue weighted by atomic mass is 9.98. The summed E-state index contributed by atoms with van der Waals surface area (Å²) in [6, 6.07) is 6.54. The molecule has 188 valence electrons. The number of carbonyl (C=O) groups excluding carboxylic acids is 1. The summed E-state index contributed by atoms with van der Waals surface area (Å²) < 4.78 is 31.8. The Hall–Kier alpha value is -2.93. The van der Waals surface area contributed by atoms with Crippen molar-refractivity contribution >= 4 is 16.9 Å². The average Bonchev–Trinajstić information content (AvgIpc) is 3.23. The number of likely N-dealkylation sites (tertiary alicyclic amines) is 1. The first kappa shape index (κ1) is 25.2. The van der Waals surface area contributed by atoms with Gasteiger partial charge in [-0.15, -0.1) is 0 Å². The second-order valence-corrected chi connectivity index (χ2v) is 9.47. The smallest absolute Gasteiger partial charge is 0.207 e. The van der Waals surface area contributed by atoms with Crippen LogP contribution < -0.4 is 9.47 Å². The molecule has 0 amide bonds. The zero-order valence-electron chi connectivity index (χ0n) is 21.2. The van der Waals surface area contributed by atoms with E-state index in [1.807, 2.05) is 6.92 Å². The minimum atomic E-state index is -0.247. The van der Waals surface area contributed by atoms with Gasteiger partial charge in [-0.05, 0) is 75.4 Å². The predicted molar refractivity (Wildman–Crippen MR) is 134 cm³/mol. The van der Waals surface area contributed by atoms with Crippen molar-refractivity contribution in [3.05, 3.63) is 52.7 Å². The van der Waals surface area contributed by atoms with Gasteiger partial charge in [-0.3, -0.25) is 9.69 Å². The van der Waals surface area contributed by atoms with E-state index in [1.54, 1.807) is 26.0 Å². The molecule has 0 bridgehead atoms. The Morgan fingerprint density at radius 2 is 1.77 bits per heavy atom. The number of fused-ring (bicyclic) bond motifs is 1. The molecule has 1 fully saturated rings. The third-order valence-corrected chi connectivity index (χ3v) is 6.79. The lowest BCUT2D eigenvalue weighted by molar-refractivity contribution is 0.101. The fourth-order valence-corrected chi connectivity index (χ4v) is 4.79. The number of ether oxygens (including phenoxy) is 2. The van der Waals surface area contributed by atoms with Crippen LogP contribution in [0.5, 0.6) is 11.5 Å². The highest BCUT2D eigenvalue weighted by molar-refractivity contribution is 6.05. The monoisotopic (exact) mass is 482 g/mol. The highest BCUT2D eigenvalue weighted by Crippen LogP contribution is 2.43. The van der Waals surface area contributed by atoms with Crippen molar-refractivity contribution in [2.75, 3.05) is 32.8 Å². The number of rotatable bonds is 10. The Balaban J connectivity index is 1.58. The number of ketones is 1. The van der Waals surface area contributed by atoms with E-state index in [-0.39, 0.29) is 17.5 Å². The Bertz CT molecular complexity index is 1170. The molecule has 1 aromatic heterocycles. The summed E-state index contributed by atoms with van der Waals surface area (Å²) in [5.74, 6) is 1.20. The number of aromatic nitrogens is 1. The molecule has 3 aromatic rings. The summed E-state index contributed by atoms with van der Waals surface area (Å²) in [4.78, 5) is 19.6. The third kappa shape index (κ3) is 5.84. The van der Waals surface area contributed by atoms with E-state index in [9.17, 15) is 9.18 Å². The number of oxazole rings is 1. The number of hydrogen-bond acceptors (Lipinski definition) is 6. The zero-order valence-corrected chi connectivity index (χ0v) is 21.2. The summed E-state index contributed by atoms with van der Waals surface area (Å²) in [5, 5.41) is 0. The SMILES string of the molecule is CC(=O)c1c(OCCN2CCCCC2)c(OCC[C@@H](C)c2ccc(F)cc2)c2oc(C)nc2c1C. The summed E-state index contributed by atoms with van der Waals surface area (Å²) in [6.45, 7) is 11.1. The Labute approximate surface area is 206 Å². The number of aryl methyl sites for hydroxylation is 2. The maximum Gasteiger partial charge on any atom is 0.207 e. The van der Waals surface area contributed by atoms with Gasteiger partial charge in [0.05, 0.1) is 12.2 Å². The van der Waals surface area contributed by atoms with Crippen LogP contribution >= 0.6 is 0 Å². The molecule has 0 unspecified atom stereocenters. The van der Waals surface area contributed by atoms with Gasteiger partial charge in [0.2, 0.25) is 11.3 Å². The van der Waals surface area contributed by atoms with Crippen LogP contribution in [0.15, 0.2) is 28.7 Å². The molecule has 0 saturated carbocycles. The fourth-order valence-electron chi connectivity index (χ4n) is 4.79. The van der Waals surface area contributed by atoms with Crippen LogP contribution in [0.3, 0.4) is 0 Å². The first-order valence-corrected chi connectivity index (χ1v) is 12.5. The first-order chi connectivity index (χ1) is 16.8. The van der Waals surface area contributed by atoms with Crippen LogP contribution in [0.2, 0.25) is 0 Å². The minimum absolute atomic E-state index is 0.0949. The summed E-state index contributed by atoms with van der Waals surface area (Å²) in [6.07, 6.45) is 4.40. The van der Waals surface area contributed by atoms with Gasteiger partial charge in [-0.2, -0.15) is 0 Å². The Kier molecular flexibility index (Phi) is 8.06. The van der Waals surface area contributed by atoms with Crippen molar-refractivity contribution in [3.63, 3.8) is 0 Å². The van der Waals surface area contributed by atoms with Crippen LogP contribution in [-0.2, 0) is 0 Å². The number of nitrogens with zero attached hydrogens (tertiary/aromatic N) is 2. The molecule has 2 aromatic carbocycles. The molecule has 0 radical (unpaired) electrons. The maximum atomic E-state index is 13.3. The van der Waals surface area contributed by atoms with Crippen molar-refractivity contribution in [1.82, 2.24) is 9.88 Å². The molecule has 2 heterocycles. The fraction of sp³-hybridized carbons (Fsp3) is 0.500. The second-order valence-electron chi connectivity index (χ2n) is 9.47. The molecule has 1 saturated heterocycles. The predicted octanol–water partition coefficient (Wildman–Crippen LogP) is 6.22. The van der Waals surface area contributed by atoms with Gasteiger partial charge in [0.15, 0.2) is 17.4 Å². The largest absolute Gasteiger partial charge is 0.487 e. The molecule has 35 heavy (non-hydrogen) atoms. The van der Waals surface area contributed by atoms with E-state index in [0.717, 1.165) is 30.8 Å². The number of Topliss-reactive ketones (excluding diaryl/α,β-unsaturated/α-hetero) is 1. The van der Waals surface area contributed by atoms with Crippen LogP contribution in [-0.4, -0.2) is 48.5 Å². The Morgan fingerprint density at radius 3 is 2.46 bits per heavy atom. The molecule has 7 heteroatoms. The molecule has 1 aliphatic heterocycles. The maximum absolute atomic E-state index is 13.3. The van der Waals surface area contributed by atoms with Crippen LogP contribution in [0, 0.1) is 19.7 Å². The van der Waals surface area contributed by atoms with Gasteiger partial charge in [-0.25, -0.2) is 9.37 Å². The average molecular weight is 483 g/mol. The quantitative estimate of drug-likeness (QED) is 0.320. The number of piperidine rings is 1. The Morgan fingerprint density at radius 1 is 1.09 bits per heavy atom. The minimum Gasteiger partial charge on any atom is -0.487 e. The summed E-state index contributed by atoms with van der Waals surface area (Å²) >= 11 is 0. The molecule has 0 N–H and O–H groups in total. The van der Waals surface area contributed by atoms with Crippen molar-refractivity contribution in [1.29, 1.82) is 0 Å².